The maximum atomic E-state index is 12.7. The lowest BCUT2D eigenvalue weighted by Gasteiger charge is -2.32. The van der Waals surface area contributed by atoms with Gasteiger partial charge in [0.15, 0.2) is 5.65 Å². The van der Waals surface area contributed by atoms with E-state index in [-0.39, 0.29) is 0 Å². The maximum Gasteiger partial charge on any atom is 0.224 e. The van der Waals surface area contributed by atoms with Gasteiger partial charge in [-0.1, -0.05) is 6.07 Å². The highest BCUT2D eigenvalue weighted by molar-refractivity contribution is 7.10. The number of piperidine rings is 1. The molecule has 0 aromatic carbocycles. The van der Waals surface area contributed by atoms with Crippen molar-refractivity contribution in [3.8, 4) is 0 Å². The Morgan fingerprint density at radius 1 is 1.14 bits per heavy atom. The highest BCUT2D eigenvalue weighted by Gasteiger charge is 2.26. The van der Waals surface area contributed by atoms with Crippen LogP contribution < -0.4 is 0 Å². The predicted octanol–water partition coefficient (Wildman–Crippen LogP) is 2.95. The molecule has 0 spiro atoms. The summed E-state index contributed by atoms with van der Waals surface area (Å²) in [6.07, 6.45) is 5.83. The molecule has 3 aromatic heterocycles. The van der Waals surface area contributed by atoms with Gasteiger partial charge in [0.1, 0.15) is 5.82 Å². The number of rotatable bonds is 4. The zero-order valence-electron chi connectivity index (χ0n) is 16.0. The van der Waals surface area contributed by atoms with Crippen LogP contribution in [0.3, 0.4) is 0 Å². The van der Waals surface area contributed by atoms with E-state index in [0.29, 0.717) is 18.2 Å². The van der Waals surface area contributed by atoms with Gasteiger partial charge >= 0.3 is 0 Å². The van der Waals surface area contributed by atoms with Crippen molar-refractivity contribution in [2.24, 2.45) is 0 Å². The number of nitrogens with zero attached hydrogens (tertiary/aromatic N) is 5. The minimum Gasteiger partial charge on any atom is -0.338 e. The van der Waals surface area contributed by atoms with Crippen LogP contribution in [-0.2, 0) is 17.8 Å². The van der Waals surface area contributed by atoms with E-state index in [0.717, 1.165) is 63.5 Å². The van der Waals surface area contributed by atoms with Crippen molar-refractivity contribution in [1.29, 1.82) is 0 Å². The molecule has 0 unspecified atom stereocenters. The molecule has 2 aliphatic heterocycles. The summed E-state index contributed by atoms with van der Waals surface area (Å²) in [5.74, 6) is 1.82. The summed E-state index contributed by atoms with van der Waals surface area (Å²) < 4.78 is 2.11. The first-order valence-corrected chi connectivity index (χ1v) is 11.0. The molecular formula is C21H25N5OS. The fraction of sp³-hybridized carbons (Fsp3) is 0.476. The summed E-state index contributed by atoms with van der Waals surface area (Å²) in [6, 6.07) is 8.18. The highest BCUT2D eigenvalue weighted by Crippen LogP contribution is 2.28. The van der Waals surface area contributed by atoms with Crippen molar-refractivity contribution >= 4 is 22.9 Å². The van der Waals surface area contributed by atoms with Crippen LogP contribution >= 0.6 is 11.3 Å². The van der Waals surface area contributed by atoms with E-state index in [1.165, 1.54) is 10.4 Å². The monoisotopic (exact) mass is 395 g/mol. The summed E-state index contributed by atoms with van der Waals surface area (Å²) in [5.41, 5.74) is 2.26. The summed E-state index contributed by atoms with van der Waals surface area (Å²) in [4.78, 5) is 18.6. The largest absolute Gasteiger partial charge is 0.338 e. The van der Waals surface area contributed by atoms with Crippen molar-refractivity contribution in [2.75, 3.05) is 26.2 Å². The molecule has 2 aliphatic rings. The Balaban J connectivity index is 1.12. The molecule has 28 heavy (non-hydrogen) atoms. The molecule has 1 saturated heterocycles. The zero-order chi connectivity index (χ0) is 18.9. The minimum absolute atomic E-state index is 0.294. The topological polar surface area (TPSA) is 53.7 Å². The van der Waals surface area contributed by atoms with E-state index in [2.05, 4.69) is 30.9 Å². The Labute approximate surface area is 168 Å². The fourth-order valence-corrected chi connectivity index (χ4v) is 5.32. The van der Waals surface area contributed by atoms with Gasteiger partial charge in [-0.25, -0.2) is 0 Å². The lowest BCUT2D eigenvalue weighted by atomic mass is 9.96. The van der Waals surface area contributed by atoms with E-state index < -0.39 is 0 Å². The number of carbonyl (C=O) groups is 1. The van der Waals surface area contributed by atoms with Crippen LogP contribution in [0.5, 0.6) is 0 Å². The molecule has 5 rings (SSSR count). The van der Waals surface area contributed by atoms with Gasteiger partial charge in [-0.2, -0.15) is 0 Å². The summed E-state index contributed by atoms with van der Waals surface area (Å²) >= 11 is 1.82. The van der Waals surface area contributed by atoms with Crippen molar-refractivity contribution in [3.05, 3.63) is 52.1 Å². The van der Waals surface area contributed by atoms with Gasteiger partial charge in [0.2, 0.25) is 5.91 Å². The van der Waals surface area contributed by atoms with Crippen LogP contribution in [0.15, 0.2) is 35.8 Å². The molecule has 5 heterocycles. The smallest absolute Gasteiger partial charge is 0.224 e. The van der Waals surface area contributed by atoms with Gasteiger partial charge in [0, 0.05) is 43.0 Å². The van der Waals surface area contributed by atoms with Crippen LogP contribution in [0, 0.1) is 0 Å². The standard InChI is InChI=1S/C21H25N5OS/c27-20(25-13-6-18-17(15-25)8-14-28-18)7-12-24-10-4-16(5-11-24)21-23-22-19-3-1-2-9-26(19)21/h1-3,8-9,14,16H,4-7,10-13,15H2. The van der Waals surface area contributed by atoms with E-state index in [9.17, 15) is 4.79 Å². The molecule has 0 aliphatic carbocycles. The molecule has 0 saturated carbocycles. The molecular weight excluding hydrogens is 370 g/mol. The van der Waals surface area contributed by atoms with Gasteiger partial charge in [-0.3, -0.25) is 9.20 Å². The number of fused-ring (bicyclic) bond motifs is 2. The second-order valence-electron chi connectivity index (χ2n) is 7.79. The first-order valence-electron chi connectivity index (χ1n) is 10.1. The Bertz CT molecular complexity index is 972. The first-order chi connectivity index (χ1) is 13.8. The number of hydrogen-bond acceptors (Lipinski definition) is 5. The third kappa shape index (κ3) is 3.44. The Hall–Kier alpha value is -2.25. The van der Waals surface area contributed by atoms with Crippen LogP contribution in [0.4, 0.5) is 0 Å². The molecule has 0 atom stereocenters. The highest BCUT2D eigenvalue weighted by atomic mass is 32.1. The Kier molecular flexibility index (Phi) is 4.86. The molecule has 1 amide bonds. The van der Waals surface area contributed by atoms with Crippen LogP contribution in [0.1, 0.15) is 41.4 Å². The number of hydrogen-bond donors (Lipinski definition) is 0. The van der Waals surface area contributed by atoms with Gasteiger partial charge in [-0.05, 0) is 61.5 Å². The van der Waals surface area contributed by atoms with Gasteiger partial charge in [0.25, 0.3) is 0 Å². The minimum atomic E-state index is 0.294. The maximum absolute atomic E-state index is 12.7. The number of thiophene rings is 1. The van der Waals surface area contributed by atoms with Crippen LogP contribution in [0.25, 0.3) is 5.65 Å². The first kappa shape index (κ1) is 17.8. The lowest BCUT2D eigenvalue weighted by Crippen LogP contribution is -2.39. The van der Waals surface area contributed by atoms with Crippen molar-refractivity contribution in [2.45, 2.75) is 38.1 Å². The van der Waals surface area contributed by atoms with Crippen molar-refractivity contribution in [3.63, 3.8) is 0 Å². The molecule has 1 fully saturated rings. The molecule has 0 N–H and O–H groups in total. The van der Waals surface area contributed by atoms with Gasteiger partial charge in [0.05, 0.1) is 0 Å². The van der Waals surface area contributed by atoms with Gasteiger partial charge < -0.3 is 9.80 Å². The fourth-order valence-electron chi connectivity index (χ4n) is 4.43. The number of amides is 1. The molecule has 0 bridgehead atoms. The van der Waals surface area contributed by atoms with E-state index in [1.807, 2.05) is 40.6 Å². The van der Waals surface area contributed by atoms with Crippen molar-refractivity contribution in [1.82, 2.24) is 24.4 Å². The quantitative estimate of drug-likeness (QED) is 0.682. The molecule has 0 radical (unpaired) electrons. The lowest BCUT2D eigenvalue weighted by molar-refractivity contribution is -0.132. The summed E-state index contributed by atoms with van der Waals surface area (Å²) in [7, 11) is 0. The number of pyridine rings is 1. The molecule has 3 aromatic rings. The second-order valence-corrected chi connectivity index (χ2v) is 8.79. The summed E-state index contributed by atoms with van der Waals surface area (Å²) in [6.45, 7) is 4.57. The molecule has 146 valence electrons. The SMILES string of the molecule is O=C(CCN1CCC(c2nnc3ccccn23)CC1)N1CCc2sccc2C1. The molecule has 6 nitrogen and oxygen atoms in total. The van der Waals surface area contributed by atoms with E-state index >= 15 is 0 Å². The van der Waals surface area contributed by atoms with Crippen LogP contribution in [-0.4, -0.2) is 56.5 Å². The Morgan fingerprint density at radius 2 is 2.04 bits per heavy atom. The third-order valence-corrected chi connectivity index (χ3v) is 7.12. The van der Waals surface area contributed by atoms with Crippen molar-refractivity contribution < 1.29 is 4.79 Å². The normalized spacial score (nSPS) is 18.5. The van der Waals surface area contributed by atoms with E-state index in [1.54, 1.807) is 0 Å². The van der Waals surface area contributed by atoms with Gasteiger partial charge in [-0.15, -0.1) is 21.5 Å². The summed E-state index contributed by atoms with van der Waals surface area (Å²) in [5, 5.41) is 10.9. The second kappa shape index (κ2) is 7.64. The van der Waals surface area contributed by atoms with Crippen LogP contribution in [0.2, 0.25) is 0 Å². The third-order valence-electron chi connectivity index (χ3n) is 6.10. The number of carbonyl (C=O) groups excluding carboxylic acids is 1. The Morgan fingerprint density at radius 3 is 2.93 bits per heavy atom. The predicted molar refractivity (Wildman–Crippen MR) is 109 cm³/mol. The number of aromatic nitrogens is 3. The number of likely N-dealkylation sites (tertiary alicyclic amines) is 1. The van der Waals surface area contributed by atoms with E-state index in [4.69, 9.17) is 0 Å². The average molecular weight is 396 g/mol. The zero-order valence-corrected chi connectivity index (χ0v) is 16.8. The average Bonchev–Trinajstić information content (AvgIpc) is 3.38. The molecule has 7 heteroatoms.